The molecule has 230 valence electrons. The lowest BCUT2D eigenvalue weighted by Crippen LogP contribution is -2.31. The van der Waals surface area contributed by atoms with Crippen LogP contribution in [-0.2, 0) is 10.0 Å². The molecule has 1 heterocycles. The van der Waals surface area contributed by atoms with Crippen LogP contribution < -0.4 is 0 Å². The van der Waals surface area contributed by atoms with E-state index in [1.165, 1.54) is 46.4 Å². The molecule has 7 nitrogen and oxygen atoms in total. The highest BCUT2D eigenvalue weighted by molar-refractivity contribution is 7.90. The third-order valence-corrected chi connectivity index (χ3v) is 10.9. The van der Waals surface area contributed by atoms with Crippen LogP contribution in [0.4, 0.5) is 14.5 Å². The lowest BCUT2D eigenvalue weighted by Gasteiger charge is -2.27. The monoisotopic (exact) mass is 635 g/mol. The lowest BCUT2D eigenvalue weighted by molar-refractivity contribution is 0.0696. The minimum Gasteiger partial charge on any atom is -0.478 e. The van der Waals surface area contributed by atoms with Crippen LogP contribution >= 0.6 is 0 Å². The van der Waals surface area contributed by atoms with Crippen LogP contribution in [0.15, 0.2) is 78.9 Å². The Labute approximate surface area is 264 Å². The van der Waals surface area contributed by atoms with Crippen LogP contribution in [-0.4, -0.2) is 28.7 Å². The molecule has 0 unspecified atom stereocenters. The quantitative estimate of drug-likeness (QED) is 0.188. The van der Waals surface area contributed by atoms with E-state index < -0.39 is 32.9 Å². The molecule has 10 heteroatoms. The van der Waals surface area contributed by atoms with Gasteiger partial charge in [0, 0.05) is 33.2 Å². The summed E-state index contributed by atoms with van der Waals surface area (Å²) in [6.45, 7) is 9.97. The Balaban J connectivity index is 1.73. The van der Waals surface area contributed by atoms with Crippen molar-refractivity contribution in [3.63, 3.8) is 0 Å². The number of rotatable bonds is 6. The normalized spacial score (nSPS) is 16.5. The first kappa shape index (κ1) is 30.7. The van der Waals surface area contributed by atoms with Gasteiger partial charge in [-0.2, -0.15) is 5.26 Å². The van der Waals surface area contributed by atoms with Gasteiger partial charge in [0.1, 0.15) is 11.6 Å². The number of fused-ring (bicyclic) bond motifs is 1. The maximum atomic E-state index is 15.3. The Bertz CT molecular complexity index is 2210. The van der Waals surface area contributed by atoms with Gasteiger partial charge in [-0.3, -0.25) is 0 Å². The van der Waals surface area contributed by atoms with Crippen molar-refractivity contribution < 1.29 is 27.1 Å². The van der Waals surface area contributed by atoms with Gasteiger partial charge in [-0.25, -0.2) is 30.8 Å². The number of benzene rings is 4. The molecular formula is C36H27F2N3O4S. The van der Waals surface area contributed by atoms with Gasteiger partial charge in [-0.05, 0) is 79.6 Å². The fourth-order valence-electron chi connectivity index (χ4n) is 6.40. The summed E-state index contributed by atoms with van der Waals surface area (Å²) in [4.78, 5) is 15.0. The van der Waals surface area contributed by atoms with Crippen LogP contribution in [0.5, 0.6) is 0 Å². The van der Waals surface area contributed by atoms with Crippen molar-refractivity contribution in [2.24, 2.45) is 5.92 Å². The number of hydrogen-bond acceptors (Lipinski definition) is 4. The average Bonchev–Trinajstić information content (AvgIpc) is 3.39. The Morgan fingerprint density at radius 2 is 1.67 bits per heavy atom. The van der Waals surface area contributed by atoms with E-state index >= 15 is 4.39 Å². The predicted octanol–water partition coefficient (Wildman–Crippen LogP) is 8.80. The summed E-state index contributed by atoms with van der Waals surface area (Å²) in [6.07, 6.45) is 2.31. The zero-order chi connectivity index (χ0) is 32.7. The van der Waals surface area contributed by atoms with Crippen LogP contribution in [0, 0.1) is 35.5 Å². The summed E-state index contributed by atoms with van der Waals surface area (Å²) in [5.41, 5.74) is 1.38. The van der Waals surface area contributed by atoms with Gasteiger partial charge >= 0.3 is 5.97 Å². The Hall–Kier alpha value is -5.32. The highest BCUT2D eigenvalue weighted by atomic mass is 32.2. The first-order chi connectivity index (χ1) is 22.0. The minimum absolute atomic E-state index is 0.0824. The van der Waals surface area contributed by atoms with Gasteiger partial charge in [0.2, 0.25) is 10.0 Å². The van der Waals surface area contributed by atoms with Gasteiger partial charge < -0.3 is 5.11 Å². The molecule has 0 amide bonds. The van der Waals surface area contributed by atoms with E-state index in [2.05, 4.69) is 17.8 Å². The Morgan fingerprint density at radius 1 is 0.957 bits per heavy atom. The molecule has 1 saturated carbocycles. The van der Waals surface area contributed by atoms with E-state index in [9.17, 15) is 28.0 Å². The van der Waals surface area contributed by atoms with Gasteiger partial charge in [-0.1, -0.05) is 43.3 Å². The first-order valence-electron chi connectivity index (χ1n) is 14.7. The van der Waals surface area contributed by atoms with Gasteiger partial charge in [0.25, 0.3) is 0 Å². The van der Waals surface area contributed by atoms with Crippen LogP contribution in [0.1, 0.15) is 48.5 Å². The second-order valence-electron chi connectivity index (χ2n) is 11.6. The number of nitriles is 1. The molecule has 4 aromatic carbocycles. The van der Waals surface area contributed by atoms with E-state index in [0.717, 1.165) is 18.9 Å². The Kier molecular flexibility index (Phi) is 7.93. The molecule has 0 radical (unpaired) electrons. The van der Waals surface area contributed by atoms with E-state index in [1.54, 1.807) is 30.3 Å². The second kappa shape index (κ2) is 11.9. The molecule has 1 aromatic heterocycles. The van der Waals surface area contributed by atoms with Crippen LogP contribution in [0.25, 0.3) is 49.3 Å². The fourth-order valence-corrected chi connectivity index (χ4v) is 8.45. The maximum Gasteiger partial charge on any atom is 0.335 e. The number of aromatic carboxylic acids is 1. The van der Waals surface area contributed by atoms with Crippen molar-refractivity contribution in [2.75, 3.05) is 0 Å². The van der Waals surface area contributed by atoms with Crippen molar-refractivity contribution in [1.82, 2.24) is 3.97 Å². The number of nitrogens with zero attached hydrogens (tertiary/aromatic N) is 3. The van der Waals surface area contributed by atoms with E-state index in [0.29, 0.717) is 29.9 Å². The smallest absolute Gasteiger partial charge is 0.335 e. The average molecular weight is 636 g/mol. The molecule has 1 aliphatic rings. The summed E-state index contributed by atoms with van der Waals surface area (Å²) in [5, 5.41) is 18.9. The predicted molar refractivity (Wildman–Crippen MR) is 172 cm³/mol. The maximum absolute atomic E-state index is 15.3. The van der Waals surface area contributed by atoms with E-state index in [1.807, 2.05) is 0 Å². The van der Waals surface area contributed by atoms with Crippen molar-refractivity contribution in [3.8, 4) is 39.6 Å². The topological polar surface area (TPSA) is 105 Å². The number of aromatic nitrogens is 1. The SMILES string of the molecule is [C-]#[N+]c1cccc(C#N)c1-c1c(-c2cccc(-c3ccc(C(=O)O)cc3F)c2)n(S(=O)(=O)C2CCC(C)CC2)c2ccc(F)cc12. The van der Waals surface area contributed by atoms with Crippen molar-refractivity contribution in [2.45, 2.75) is 37.9 Å². The molecule has 5 aromatic rings. The second-order valence-corrected chi connectivity index (χ2v) is 13.6. The van der Waals surface area contributed by atoms with Gasteiger partial charge in [0.05, 0.1) is 34.7 Å². The fraction of sp³-hybridized carbons (Fsp3) is 0.194. The number of hydrogen-bond donors (Lipinski definition) is 1. The molecule has 6 rings (SSSR count). The zero-order valence-corrected chi connectivity index (χ0v) is 25.5. The molecule has 1 N–H and O–H groups in total. The van der Waals surface area contributed by atoms with E-state index in [4.69, 9.17) is 6.57 Å². The third kappa shape index (κ3) is 5.21. The molecule has 1 aliphatic carbocycles. The van der Waals surface area contributed by atoms with Crippen molar-refractivity contribution in [3.05, 3.63) is 113 Å². The highest BCUT2D eigenvalue weighted by Gasteiger charge is 2.36. The molecule has 0 spiro atoms. The number of carboxylic acid groups (broad SMARTS) is 1. The molecule has 0 saturated heterocycles. The third-order valence-electron chi connectivity index (χ3n) is 8.72. The number of carbonyl (C=O) groups is 1. The standard InChI is InChI=1S/C36H27F2N3O4S/c1-21-9-13-27(14-10-21)46(44,45)41-32-16-12-26(37)19-29(32)34(33-25(20-39)7-4-8-31(33)40-2)35(41)23-6-3-5-22(17-23)28-15-11-24(36(42)43)18-30(28)38/h3-8,11-12,15-19,21,27H,9-10,13-14H2,1H3,(H,42,43). The van der Waals surface area contributed by atoms with Crippen molar-refractivity contribution in [1.29, 1.82) is 5.26 Å². The summed E-state index contributed by atoms with van der Waals surface area (Å²) in [5.74, 6) is -2.32. The molecule has 0 atom stereocenters. The summed E-state index contributed by atoms with van der Waals surface area (Å²) >= 11 is 0. The summed E-state index contributed by atoms with van der Waals surface area (Å²) < 4.78 is 60.8. The molecule has 0 bridgehead atoms. The molecule has 46 heavy (non-hydrogen) atoms. The van der Waals surface area contributed by atoms with Crippen LogP contribution in [0.3, 0.4) is 0 Å². The highest BCUT2D eigenvalue weighted by Crippen LogP contribution is 2.48. The molecule has 1 fully saturated rings. The number of halogens is 2. The Morgan fingerprint density at radius 3 is 2.35 bits per heavy atom. The van der Waals surface area contributed by atoms with Gasteiger partial charge in [0.15, 0.2) is 5.69 Å². The largest absolute Gasteiger partial charge is 0.478 e. The summed E-state index contributed by atoms with van der Waals surface area (Å²) in [6, 6.07) is 20.4. The van der Waals surface area contributed by atoms with Crippen molar-refractivity contribution >= 4 is 32.6 Å². The molecular weight excluding hydrogens is 608 g/mol. The van der Waals surface area contributed by atoms with Gasteiger partial charge in [-0.15, -0.1) is 0 Å². The zero-order valence-electron chi connectivity index (χ0n) is 24.7. The molecule has 0 aliphatic heterocycles. The number of carboxylic acids is 1. The lowest BCUT2D eigenvalue weighted by atomic mass is 9.91. The first-order valence-corrected chi connectivity index (χ1v) is 16.2. The van der Waals surface area contributed by atoms with E-state index in [-0.39, 0.29) is 50.1 Å². The minimum atomic E-state index is -4.14. The summed E-state index contributed by atoms with van der Waals surface area (Å²) in [7, 11) is -4.14. The van der Waals surface area contributed by atoms with Crippen LogP contribution in [0.2, 0.25) is 0 Å².